The van der Waals surface area contributed by atoms with Crippen LogP contribution in [0.5, 0.6) is 0 Å². The zero-order valence-electron chi connectivity index (χ0n) is 19.7. The Morgan fingerprint density at radius 1 is 1.03 bits per heavy atom. The van der Waals surface area contributed by atoms with Gasteiger partial charge in [-0.15, -0.1) is 11.3 Å². The number of anilines is 3. The number of fused-ring (bicyclic) bond motifs is 1. The number of para-hydroxylation sites is 1. The zero-order chi connectivity index (χ0) is 25.1. The average Bonchev–Trinajstić information content (AvgIpc) is 3.37. The number of esters is 1. The minimum absolute atomic E-state index is 0.147. The molecule has 2 heterocycles. The Morgan fingerprint density at radius 3 is 2.47 bits per heavy atom. The number of ether oxygens (including phenoxy) is 1. The minimum Gasteiger partial charge on any atom is -0.461 e. The van der Waals surface area contributed by atoms with Gasteiger partial charge in [0.2, 0.25) is 5.69 Å². The number of nitrogens with zero attached hydrogens (tertiary/aromatic N) is 4. The molecule has 180 valence electrons. The third-order valence-corrected chi connectivity index (χ3v) is 6.31. The highest BCUT2D eigenvalue weighted by atomic mass is 32.1. The fourth-order valence-electron chi connectivity index (χ4n) is 3.83. The van der Waals surface area contributed by atoms with Gasteiger partial charge < -0.3 is 10.1 Å². The molecule has 2 aromatic heterocycles. The van der Waals surface area contributed by atoms with Gasteiger partial charge in [-0.05, 0) is 37.3 Å². The smallest absolute Gasteiger partial charge is 0.362 e. The summed E-state index contributed by atoms with van der Waals surface area (Å²) in [6, 6.07) is 24.8. The number of aromatic nitrogens is 3. The van der Waals surface area contributed by atoms with E-state index in [9.17, 15) is 9.59 Å². The molecule has 36 heavy (non-hydrogen) atoms. The summed E-state index contributed by atoms with van der Waals surface area (Å²) in [7, 11) is 1.76. The predicted molar refractivity (Wildman–Crippen MR) is 143 cm³/mol. The molecule has 0 aliphatic carbocycles. The van der Waals surface area contributed by atoms with Gasteiger partial charge in [-0.2, -0.15) is 0 Å². The van der Waals surface area contributed by atoms with Gasteiger partial charge in [-0.25, -0.2) is 19.4 Å². The van der Waals surface area contributed by atoms with Crippen molar-refractivity contribution >= 4 is 44.8 Å². The molecule has 5 aromatic rings. The number of carbonyl (C=O) groups is 1. The third kappa shape index (κ3) is 4.56. The highest BCUT2D eigenvalue weighted by molar-refractivity contribution is 7.14. The largest absolute Gasteiger partial charge is 0.461 e. The van der Waals surface area contributed by atoms with E-state index in [1.165, 1.54) is 16.0 Å². The second-order valence-electron chi connectivity index (χ2n) is 7.89. The topological polar surface area (TPSA) is 89.3 Å². The van der Waals surface area contributed by atoms with Crippen LogP contribution >= 0.6 is 11.3 Å². The minimum atomic E-state index is -0.752. The van der Waals surface area contributed by atoms with Gasteiger partial charge in [0.15, 0.2) is 5.13 Å². The Balaban J connectivity index is 1.58. The molecule has 0 aliphatic heterocycles. The molecule has 1 N–H and O–H groups in total. The van der Waals surface area contributed by atoms with Crippen molar-refractivity contribution in [1.82, 2.24) is 14.6 Å². The van der Waals surface area contributed by atoms with Crippen LogP contribution in [0.2, 0.25) is 0 Å². The van der Waals surface area contributed by atoms with Crippen LogP contribution in [0.4, 0.5) is 16.5 Å². The molecule has 0 amide bonds. The van der Waals surface area contributed by atoms with Crippen LogP contribution in [0.1, 0.15) is 17.4 Å². The fraction of sp³-hybridized carbons (Fsp3) is 0.111. The summed E-state index contributed by atoms with van der Waals surface area (Å²) in [6.45, 7) is 1.83. The first-order valence-electron chi connectivity index (χ1n) is 11.4. The van der Waals surface area contributed by atoms with Crippen LogP contribution in [0, 0.1) is 0 Å². The van der Waals surface area contributed by atoms with E-state index in [0.717, 1.165) is 27.8 Å². The molecule has 9 heteroatoms. The standard InChI is InChI=1S/C27H23N5O3S/c1-3-35-26(34)24-25(33)32(31(2)20-12-8-5-9-13-20)23-16-19(14-15-21(23)29-24)28-27-30-22(17-36-27)18-10-6-4-7-11-18/h4-17H,3H2,1-2H3,(H,28,30). The van der Waals surface area contributed by atoms with E-state index in [-0.39, 0.29) is 12.3 Å². The van der Waals surface area contributed by atoms with E-state index >= 15 is 0 Å². The van der Waals surface area contributed by atoms with Gasteiger partial charge in [0.1, 0.15) is 0 Å². The summed E-state index contributed by atoms with van der Waals surface area (Å²) < 4.78 is 6.52. The van der Waals surface area contributed by atoms with Gasteiger partial charge >= 0.3 is 11.5 Å². The number of nitrogens with one attached hydrogen (secondary N) is 1. The summed E-state index contributed by atoms with van der Waals surface area (Å²) >= 11 is 1.49. The van der Waals surface area contributed by atoms with E-state index in [1.54, 1.807) is 25.0 Å². The highest BCUT2D eigenvalue weighted by Gasteiger charge is 2.21. The van der Waals surface area contributed by atoms with Crippen LogP contribution in [-0.4, -0.2) is 34.3 Å². The van der Waals surface area contributed by atoms with Crippen molar-refractivity contribution in [2.24, 2.45) is 0 Å². The Labute approximate surface area is 211 Å². The lowest BCUT2D eigenvalue weighted by atomic mass is 10.2. The SMILES string of the molecule is CCOC(=O)c1nc2ccc(Nc3nc(-c4ccccc4)cs3)cc2n(N(C)c2ccccc2)c1=O. The fourth-order valence-corrected chi connectivity index (χ4v) is 4.57. The predicted octanol–water partition coefficient (Wildman–Crippen LogP) is 5.34. The molecular formula is C27H23N5O3S. The molecule has 0 fully saturated rings. The average molecular weight is 498 g/mol. The van der Waals surface area contributed by atoms with Gasteiger partial charge in [0, 0.05) is 23.7 Å². The molecule has 0 atom stereocenters. The number of thiazole rings is 1. The van der Waals surface area contributed by atoms with Crippen molar-refractivity contribution in [2.45, 2.75) is 6.92 Å². The van der Waals surface area contributed by atoms with Crippen LogP contribution in [-0.2, 0) is 4.74 Å². The number of hydrogen-bond donors (Lipinski definition) is 1. The maximum atomic E-state index is 13.5. The van der Waals surface area contributed by atoms with Crippen molar-refractivity contribution in [2.75, 3.05) is 24.0 Å². The second kappa shape index (κ2) is 10.0. The van der Waals surface area contributed by atoms with Crippen LogP contribution in [0.25, 0.3) is 22.3 Å². The Kier molecular flexibility index (Phi) is 6.46. The van der Waals surface area contributed by atoms with E-state index in [0.29, 0.717) is 11.0 Å². The molecular weight excluding hydrogens is 474 g/mol. The quantitative estimate of drug-likeness (QED) is 0.304. The zero-order valence-corrected chi connectivity index (χ0v) is 20.5. The lowest BCUT2D eigenvalue weighted by Gasteiger charge is -2.24. The summed E-state index contributed by atoms with van der Waals surface area (Å²) in [5.74, 6) is -0.752. The summed E-state index contributed by atoms with van der Waals surface area (Å²) in [4.78, 5) is 35.0. The molecule has 5 rings (SSSR count). The summed E-state index contributed by atoms with van der Waals surface area (Å²) in [5.41, 5.74) is 3.61. The van der Waals surface area contributed by atoms with Crippen molar-refractivity contribution in [1.29, 1.82) is 0 Å². The highest BCUT2D eigenvalue weighted by Crippen LogP contribution is 2.28. The monoisotopic (exact) mass is 497 g/mol. The maximum absolute atomic E-state index is 13.5. The number of carbonyl (C=O) groups excluding carboxylic acids is 1. The number of benzene rings is 3. The Bertz CT molecular complexity index is 1580. The van der Waals surface area contributed by atoms with E-state index in [1.807, 2.05) is 78.2 Å². The normalized spacial score (nSPS) is 10.8. The van der Waals surface area contributed by atoms with Crippen molar-refractivity contribution in [3.05, 3.63) is 100 Å². The lowest BCUT2D eigenvalue weighted by Crippen LogP contribution is -2.39. The molecule has 0 radical (unpaired) electrons. The maximum Gasteiger partial charge on any atom is 0.362 e. The van der Waals surface area contributed by atoms with Crippen LogP contribution < -0.4 is 15.9 Å². The Morgan fingerprint density at radius 2 is 1.75 bits per heavy atom. The lowest BCUT2D eigenvalue weighted by molar-refractivity contribution is 0.0517. The number of rotatable bonds is 7. The summed E-state index contributed by atoms with van der Waals surface area (Å²) in [5, 5.41) is 7.72. The van der Waals surface area contributed by atoms with E-state index in [2.05, 4.69) is 15.3 Å². The van der Waals surface area contributed by atoms with Gasteiger partial charge in [-0.3, -0.25) is 9.80 Å². The molecule has 3 aromatic carbocycles. The molecule has 0 bridgehead atoms. The third-order valence-electron chi connectivity index (χ3n) is 5.55. The van der Waals surface area contributed by atoms with Crippen molar-refractivity contribution < 1.29 is 9.53 Å². The molecule has 0 saturated heterocycles. The number of hydrogen-bond acceptors (Lipinski definition) is 8. The molecule has 0 spiro atoms. The van der Waals surface area contributed by atoms with Crippen molar-refractivity contribution in [3.63, 3.8) is 0 Å². The molecule has 8 nitrogen and oxygen atoms in total. The van der Waals surface area contributed by atoms with Crippen LogP contribution in [0.3, 0.4) is 0 Å². The molecule has 0 aliphatic rings. The first kappa shape index (κ1) is 23.3. The first-order valence-corrected chi connectivity index (χ1v) is 12.2. The van der Waals surface area contributed by atoms with Crippen molar-refractivity contribution in [3.8, 4) is 11.3 Å². The molecule has 0 unspecified atom stereocenters. The first-order chi connectivity index (χ1) is 17.5. The van der Waals surface area contributed by atoms with Crippen LogP contribution in [0.15, 0.2) is 89.0 Å². The van der Waals surface area contributed by atoms with Gasteiger partial charge in [0.05, 0.1) is 29.0 Å². The van der Waals surface area contributed by atoms with Gasteiger partial charge in [-0.1, -0.05) is 48.5 Å². The van der Waals surface area contributed by atoms with E-state index in [4.69, 9.17) is 4.74 Å². The Hall–Kier alpha value is -4.50. The second-order valence-corrected chi connectivity index (χ2v) is 8.75. The molecule has 0 saturated carbocycles. The summed E-state index contributed by atoms with van der Waals surface area (Å²) in [6.07, 6.45) is 0. The van der Waals surface area contributed by atoms with Gasteiger partial charge in [0.25, 0.3) is 0 Å². The van der Waals surface area contributed by atoms with E-state index < -0.39 is 11.5 Å².